The van der Waals surface area contributed by atoms with Crippen molar-refractivity contribution in [3.63, 3.8) is 0 Å². The lowest BCUT2D eigenvalue weighted by Gasteiger charge is -2.38. The molecule has 0 spiro atoms. The molecule has 0 bridgehead atoms. The second kappa shape index (κ2) is 13.6. The summed E-state index contributed by atoms with van der Waals surface area (Å²) in [6.45, 7) is 4.10. The van der Waals surface area contributed by atoms with E-state index in [1.54, 1.807) is 25.1 Å². The van der Waals surface area contributed by atoms with Crippen LogP contribution < -0.4 is 9.21 Å². The van der Waals surface area contributed by atoms with Gasteiger partial charge in [0.05, 0.1) is 16.3 Å². The number of carbonyl (C=O) groups excluding carboxylic acids is 1. The largest absolute Gasteiger partial charge is 0.477 e. The number of nitrogens with zero attached hydrogens (tertiary/aromatic N) is 3. The Morgan fingerprint density at radius 2 is 1.65 bits per heavy atom. The Balaban J connectivity index is 1.32. The maximum Gasteiger partial charge on any atom is 0.346 e. The lowest BCUT2D eigenvalue weighted by atomic mass is 10.1. The van der Waals surface area contributed by atoms with Crippen LogP contribution in [0.25, 0.3) is 10.1 Å². The van der Waals surface area contributed by atoms with Crippen LogP contribution in [0.5, 0.6) is 0 Å². The van der Waals surface area contributed by atoms with Crippen LogP contribution in [0, 0.1) is 6.92 Å². The zero-order chi connectivity index (χ0) is 32.4. The van der Waals surface area contributed by atoms with Crippen molar-refractivity contribution in [1.29, 1.82) is 0 Å². The summed E-state index contributed by atoms with van der Waals surface area (Å²) in [4.78, 5) is 29.9. The molecule has 0 aliphatic carbocycles. The number of anilines is 2. The van der Waals surface area contributed by atoms with Crippen LogP contribution in [0.2, 0.25) is 0 Å². The summed E-state index contributed by atoms with van der Waals surface area (Å²) >= 11 is 6.03. The summed E-state index contributed by atoms with van der Waals surface area (Å²) in [5.41, 5.74) is 3.05. The molecule has 238 valence electrons. The van der Waals surface area contributed by atoms with Crippen molar-refractivity contribution in [2.45, 2.75) is 24.7 Å². The molecule has 0 unspecified atom stereocenters. The van der Waals surface area contributed by atoms with Crippen molar-refractivity contribution >= 4 is 82.0 Å². The number of benzene rings is 3. The number of sulfonamides is 1. The molecule has 3 aromatic carbocycles. The van der Waals surface area contributed by atoms with Crippen LogP contribution in [0.4, 0.5) is 11.4 Å². The lowest BCUT2D eigenvalue weighted by molar-refractivity contribution is 0.0700. The molecule has 1 aliphatic rings. The van der Waals surface area contributed by atoms with Crippen molar-refractivity contribution < 1.29 is 23.1 Å². The topological polar surface area (TPSA) is 98.2 Å². The molecule has 1 N–H and O–H groups in total. The molecule has 0 radical (unpaired) electrons. The molecule has 0 saturated carbocycles. The van der Waals surface area contributed by atoms with Crippen LogP contribution in [0.3, 0.4) is 0 Å². The molecule has 3 heterocycles. The van der Waals surface area contributed by atoms with Crippen molar-refractivity contribution in [2.75, 3.05) is 41.9 Å². The lowest BCUT2D eigenvalue weighted by Crippen LogP contribution is -2.49. The monoisotopic (exact) mass is 737 g/mol. The van der Waals surface area contributed by atoms with Crippen molar-refractivity contribution in [3.05, 3.63) is 110 Å². The quantitative estimate of drug-likeness (QED) is 0.159. The van der Waals surface area contributed by atoms with Crippen molar-refractivity contribution in [2.24, 2.45) is 0 Å². The van der Waals surface area contributed by atoms with Crippen LogP contribution in [0.15, 0.2) is 93.6 Å². The van der Waals surface area contributed by atoms with Gasteiger partial charge < -0.3 is 14.9 Å². The number of rotatable bonds is 10. The van der Waals surface area contributed by atoms with E-state index in [1.807, 2.05) is 70.9 Å². The average molecular weight is 739 g/mol. The van der Waals surface area contributed by atoms with Gasteiger partial charge in [0.1, 0.15) is 9.75 Å². The fourth-order valence-corrected chi connectivity index (χ4v) is 9.90. The van der Waals surface area contributed by atoms with Crippen molar-refractivity contribution in [1.82, 2.24) is 4.90 Å². The zero-order valence-corrected chi connectivity index (χ0v) is 29.1. The second-order valence-corrected chi connectivity index (χ2v) is 15.7. The summed E-state index contributed by atoms with van der Waals surface area (Å²) in [5.74, 6) is -1.03. The molecule has 5 aromatic rings. The second-order valence-electron chi connectivity index (χ2n) is 11.1. The van der Waals surface area contributed by atoms with E-state index in [4.69, 9.17) is 0 Å². The first kappa shape index (κ1) is 32.2. The molecule has 0 atom stereocenters. The highest BCUT2D eigenvalue weighted by Crippen LogP contribution is 2.37. The Morgan fingerprint density at radius 1 is 0.935 bits per heavy atom. The van der Waals surface area contributed by atoms with E-state index in [0.29, 0.717) is 60.5 Å². The molecule has 2 aromatic heterocycles. The summed E-state index contributed by atoms with van der Waals surface area (Å²) in [6, 6.07) is 24.3. The smallest absolute Gasteiger partial charge is 0.346 e. The third-order valence-electron chi connectivity index (χ3n) is 8.23. The molecular weight excluding hydrogens is 706 g/mol. The number of aryl methyl sites for hydroxylation is 2. The highest BCUT2D eigenvalue weighted by Gasteiger charge is 2.31. The molecule has 46 heavy (non-hydrogen) atoms. The Morgan fingerprint density at radius 3 is 2.35 bits per heavy atom. The van der Waals surface area contributed by atoms with Gasteiger partial charge in [0.2, 0.25) is 0 Å². The third kappa shape index (κ3) is 6.44. The number of amides is 1. The first-order valence-corrected chi connectivity index (χ1v) is 18.8. The summed E-state index contributed by atoms with van der Waals surface area (Å²) in [5, 5.41) is 12.2. The summed E-state index contributed by atoms with van der Waals surface area (Å²) in [7, 11) is -4.05. The Labute approximate surface area is 284 Å². The van der Waals surface area contributed by atoms with Gasteiger partial charge in [0.25, 0.3) is 15.9 Å². The van der Waals surface area contributed by atoms with E-state index in [2.05, 4.69) is 20.8 Å². The highest BCUT2D eigenvalue weighted by molar-refractivity contribution is 9.10. The molecule has 1 aliphatic heterocycles. The third-order valence-corrected chi connectivity index (χ3v) is 13.1. The van der Waals surface area contributed by atoms with Gasteiger partial charge in [-0.2, -0.15) is 0 Å². The van der Waals surface area contributed by atoms with E-state index in [0.717, 1.165) is 31.8 Å². The maximum atomic E-state index is 14.5. The van der Waals surface area contributed by atoms with Gasteiger partial charge in [-0.25, -0.2) is 13.2 Å². The summed E-state index contributed by atoms with van der Waals surface area (Å²) in [6.07, 6.45) is 1.30. The van der Waals surface area contributed by atoms with E-state index in [1.165, 1.54) is 15.6 Å². The maximum absolute atomic E-state index is 14.5. The van der Waals surface area contributed by atoms with E-state index in [9.17, 15) is 23.1 Å². The van der Waals surface area contributed by atoms with Gasteiger partial charge in [-0.05, 0) is 94.0 Å². The molecule has 12 heteroatoms. The number of carboxylic acids is 1. The van der Waals surface area contributed by atoms with Gasteiger partial charge in [0, 0.05) is 41.9 Å². The number of carboxylic acid groups (broad SMARTS) is 1. The number of aromatic carboxylic acids is 1. The zero-order valence-electron chi connectivity index (χ0n) is 25.1. The molecule has 1 saturated heterocycles. The van der Waals surface area contributed by atoms with Gasteiger partial charge in [-0.3, -0.25) is 9.10 Å². The number of hydrogen-bond donors (Lipinski definition) is 1. The molecule has 6 rings (SSSR count). The average Bonchev–Trinajstić information content (AvgIpc) is 3.65. The molecular formula is C34H32BrN3O5S3. The highest BCUT2D eigenvalue weighted by atomic mass is 79.9. The van der Waals surface area contributed by atoms with Gasteiger partial charge in [-0.1, -0.05) is 42.5 Å². The van der Waals surface area contributed by atoms with E-state index in [-0.39, 0.29) is 22.2 Å². The van der Waals surface area contributed by atoms with Crippen LogP contribution in [-0.4, -0.2) is 63.0 Å². The van der Waals surface area contributed by atoms with Gasteiger partial charge in [0.15, 0.2) is 0 Å². The number of thiophene rings is 2. The predicted octanol–water partition coefficient (Wildman–Crippen LogP) is 7.52. The normalized spacial score (nSPS) is 13.7. The van der Waals surface area contributed by atoms with Crippen molar-refractivity contribution in [3.8, 4) is 0 Å². The fraction of sp³-hybridized carbons (Fsp3) is 0.235. The number of piperazine rings is 1. The minimum Gasteiger partial charge on any atom is -0.477 e. The first-order valence-electron chi connectivity index (χ1n) is 14.8. The summed E-state index contributed by atoms with van der Waals surface area (Å²) < 4.78 is 32.1. The number of hydrogen-bond acceptors (Lipinski definition) is 7. The number of halogens is 1. The van der Waals surface area contributed by atoms with E-state index >= 15 is 0 Å². The van der Waals surface area contributed by atoms with Crippen LogP contribution >= 0.6 is 38.6 Å². The molecule has 1 fully saturated rings. The first-order chi connectivity index (χ1) is 22.1. The Bertz CT molecular complexity index is 2000. The van der Waals surface area contributed by atoms with E-state index < -0.39 is 16.0 Å². The molecule has 1 amide bonds. The Hall–Kier alpha value is -3.71. The fourth-order valence-electron chi connectivity index (χ4n) is 5.82. The molecule has 8 nitrogen and oxygen atoms in total. The van der Waals surface area contributed by atoms with Gasteiger partial charge in [-0.15, -0.1) is 22.7 Å². The number of fused-ring (bicyclic) bond motifs is 1. The SMILES string of the molecule is Cc1c(C(=O)O)sc2ccc(S(=O)(=O)N(CCCc3ccccc3)c3ccccc3N3CCN(C(=O)c4sccc4Br)CC3)cc12. The van der Waals surface area contributed by atoms with Crippen LogP contribution in [0.1, 0.15) is 36.9 Å². The van der Waals surface area contributed by atoms with Gasteiger partial charge >= 0.3 is 5.97 Å². The Kier molecular flexibility index (Phi) is 9.51. The number of para-hydroxylation sites is 2. The number of carbonyl (C=O) groups is 2. The minimum atomic E-state index is -4.05. The minimum absolute atomic E-state index is 0.00917. The standard InChI is InChI=1S/C34H32BrN3O5S3/c1-23-26-22-25(13-14-30(26)45-31(23)34(40)41)46(42,43)38(16-7-10-24-8-3-2-4-9-24)29-12-6-5-11-28(29)36-17-19-37(20-18-36)33(39)32-27(35)15-21-44-32/h2-6,8-9,11-15,21-22H,7,10,16-20H2,1H3,(H,40,41). The van der Waals surface area contributed by atoms with Crippen LogP contribution in [-0.2, 0) is 16.4 Å². The predicted molar refractivity (Wildman–Crippen MR) is 189 cm³/mol.